The molecule has 2 aromatic rings. The lowest BCUT2D eigenvalue weighted by atomic mass is 9.95. The van der Waals surface area contributed by atoms with Gasteiger partial charge in [0.05, 0.1) is 0 Å². The Morgan fingerprint density at radius 3 is 2.82 bits per heavy atom. The fraction of sp³-hybridized carbons (Fsp3) is 0.444. The van der Waals surface area contributed by atoms with E-state index in [1.165, 1.54) is 11.1 Å². The molecule has 0 fully saturated rings. The predicted octanol–water partition coefficient (Wildman–Crippen LogP) is 3.64. The average Bonchev–Trinajstić information content (AvgIpc) is 2.54. The van der Waals surface area contributed by atoms with Crippen molar-refractivity contribution in [2.45, 2.75) is 52.2 Å². The topological polar surface area (TPSA) is 41.1 Å². The van der Waals surface area contributed by atoms with Crippen LogP contribution < -0.4 is 10.2 Å². The van der Waals surface area contributed by atoms with Gasteiger partial charge in [0.25, 0.3) is 0 Å². The molecule has 0 bridgehead atoms. The van der Waals surface area contributed by atoms with Gasteiger partial charge >= 0.3 is 0 Å². The number of hydrogen-bond acceptors (Lipinski definition) is 4. The van der Waals surface area contributed by atoms with Crippen molar-refractivity contribution in [3.05, 3.63) is 47.7 Å². The third-order valence-corrected chi connectivity index (χ3v) is 4.43. The number of hydrogen-bond donors (Lipinski definition) is 1. The molecule has 4 nitrogen and oxygen atoms in total. The van der Waals surface area contributed by atoms with Gasteiger partial charge in [-0.15, -0.1) is 0 Å². The molecular weight excluding hydrogens is 272 g/mol. The second-order valence-electron chi connectivity index (χ2n) is 6.14. The van der Waals surface area contributed by atoms with E-state index in [4.69, 9.17) is 4.98 Å². The summed E-state index contributed by atoms with van der Waals surface area (Å²) in [4.78, 5) is 11.4. The van der Waals surface area contributed by atoms with E-state index in [2.05, 4.69) is 60.2 Å². The van der Waals surface area contributed by atoms with Crippen LogP contribution in [0.5, 0.6) is 0 Å². The molecule has 0 saturated carbocycles. The Morgan fingerprint density at radius 1 is 1.27 bits per heavy atom. The molecular formula is C18H24N4. The van der Waals surface area contributed by atoms with Crippen LogP contribution in [0.4, 0.5) is 11.8 Å². The van der Waals surface area contributed by atoms with Gasteiger partial charge in [-0.2, -0.15) is 4.98 Å². The fourth-order valence-corrected chi connectivity index (χ4v) is 2.89. The first kappa shape index (κ1) is 14.8. The summed E-state index contributed by atoms with van der Waals surface area (Å²) in [5, 5.41) is 3.36. The summed E-state index contributed by atoms with van der Waals surface area (Å²) in [6.45, 7) is 7.48. The first-order valence-corrected chi connectivity index (χ1v) is 8.10. The van der Waals surface area contributed by atoms with Crippen molar-refractivity contribution < 1.29 is 0 Å². The van der Waals surface area contributed by atoms with Crippen LogP contribution in [0, 0.1) is 0 Å². The minimum atomic E-state index is 0.384. The van der Waals surface area contributed by atoms with E-state index in [0.29, 0.717) is 12.1 Å². The van der Waals surface area contributed by atoms with E-state index in [-0.39, 0.29) is 0 Å². The summed E-state index contributed by atoms with van der Waals surface area (Å²) >= 11 is 0. The van der Waals surface area contributed by atoms with E-state index < -0.39 is 0 Å². The monoisotopic (exact) mass is 296 g/mol. The van der Waals surface area contributed by atoms with Gasteiger partial charge in [-0.3, -0.25) is 0 Å². The Hall–Kier alpha value is -2.10. The zero-order chi connectivity index (χ0) is 15.5. The molecule has 1 aromatic heterocycles. The second-order valence-corrected chi connectivity index (χ2v) is 6.14. The molecule has 22 heavy (non-hydrogen) atoms. The quantitative estimate of drug-likeness (QED) is 0.935. The van der Waals surface area contributed by atoms with Crippen molar-refractivity contribution in [2.24, 2.45) is 0 Å². The lowest BCUT2D eigenvalue weighted by molar-refractivity contribution is 0.586. The molecule has 1 aromatic carbocycles. The zero-order valence-electron chi connectivity index (χ0n) is 13.6. The Bertz CT molecular complexity index is 640. The number of rotatable bonds is 4. The molecule has 2 heterocycles. The Kier molecular flexibility index (Phi) is 4.27. The van der Waals surface area contributed by atoms with Crippen LogP contribution in [-0.4, -0.2) is 22.1 Å². The largest absolute Gasteiger partial charge is 0.352 e. The maximum Gasteiger partial charge on any atom is 0.224 e. The van der Waals surface area contributed by atoms with Gasteiger partial charge in [0.15, 0.2) is 0 Å². The molecule has 1 aliphatic heterocycles. The summed E-state index contributed by atoms with van der Waals surface area (Å²) in [5.74, 6) is 1.72. The minimum absolute atomic E-state index is 0.384. The zero-order valence-corrected chi connectivity index (χ0v) is 13.6. The number of nitrogens with one attached hydrogen (secondary N) is 1. The molecule has 4 heteroatoms. The molecule has 0 aliphatic carbocycles. The van der Waals surface area contributed by atoms with E-state index in [1.54, 1.807) is 0 Å². The lowest BCUT2D eigenvalue weighted by Gasteiger charge is -2.36. The highest BCUT2D eigenvalue weighted by molar-refractivity contribution is 5.47. The van der Waals surface area contributed by atoms with Crippen LogP contribution in [0.2, 0.25) is 0 Å². The summed E-state index contributed by atoms with van der Waals surface area (Å²) < 4.78 is 0. The van der Waals surface area contributed by atoms with Gasteiger partial charge in [0.1, 0.15) is 5.82 Å². The van der Waals surface area contributed by atoms with Crippen LogP contribution >= 0.6 is 0 Å². The molecule has 0 spiro atoms. The van der Waals surface area contributed by atoms with Crippen LogP contribution in [-0.2, 0) is 13.0 Å². The molecule has 3 rings (SSSR count). The van der Waals surface area contributed by atoms with Gasteiger partial charge in [0.2, 0.25) is 5.95 Å². The van der Waals surface area contributed by atoms with Crippen LogP contribution in [0.15, 0.2) is 36.5 Å². The molecule has 1 aliphatic rings. The Balaban J connectivity index is 1.83. The lowest BCUT2D eigenvalue weighted by Crippen LogP contribution is -2.39. The van der Waals surface area contributed by atoms with E-state index in [1.807, 2.05) is 12.3 Å². The number of benzene rings is 1. The fourth-order valence-electron chi connectivity index (χ4n) is 2.89. The molecule has 0 amide bonds. The number of aromatic nitrogens is 2. The van der Waals surface area contributed by atoms with Gasteiger partial charge in [-0.1, -0.05) is 31.2 Å². The van der Waals surface area contributed by atoms with E-state index in [9.17, 15) is 0 Å². The SMILES string of the molecule is CC[C@@H](C)Nc1nccc(N2Cc3ccccc3C[C@@H]2C)n1. The number of nitrogens with zero attached hydrogens (tertiary/aromatic N) is 3. The van der Waals surface area contributed by atoms with Crippen molar-refractivity contribution in [1.29, 1.82) is 0 Å². The number of fused-ring (bicyclic) bond motifs is 1. The molecule has 0 radical (unpaired) electrons. The molecule has 0 saturated heterocycles. The standard InChI is InChI=1S/C18H24N4/c1-4-13(2)20-18-19-10-9-17(21-18)22-12-16-8-6-5-7-15(16)11-14(22)3/h5-10,13-14H,4,11-12H2,1-3H3,(H,19,20,21)/t13-,14+/m1/s1. The molecule has 2 atom stereocenters. The summed E-state index contributed by atoms with van der Waals surface area (Å²) in [6.07, 6.45) is 3.97. The highest BCUT2D eigenvalue weighted by Gasteiger charge is 2.23. The van der Waals surface area contributed by atoms with E-state index in [0.717, 1.165) is 31.2 Å². The molecule has 116 valence electrons. The Labute approximate surface area is 132 Å². The molecule has 1 N–H and O–H groups in total. The Morgan fingerprint density at radius 2 is 2.05 bits per heavy atom. The highest BCUT2D eigenvalue weighted by Crippen LogP contribution is 2.27. The molecule has 0 unspecified atom stereocenters. The van der Waals surface area contributed by atoms with E-state index >= 15 is 0 Å². The van der Waals surface area contributed by atoms with Crippen LogP contribution in [0.1, 0.15) is 38.3 Å². The van der Waals surface area contributed by atoms with Gasteiger partial charge in [-0.25, -0.2) is 4.98 Å². The smallest absolute Gasteiger partial charge is 0.224 e. The van der Waals surface area contributed by atoms with Gasteiger partial charge in [0, 0.05) is 24.8 Å². The third kappa shape index (κ3) is 3.06. The van der Waals surface area contributed by atoms with Crippen molar-refractivity contribution in [1.82, 2.24) is 9.97 Å². The van der Waals surface area contributed by atoms with Crippen molar-refractivity contribution in [2.75, 3.05) is 10.2 Å². The van der Waals surface area contributed by atoms with Crippen LogP contribution in [0.25, 0.3) is 0 Å². The summed E-state index contributed by atoms with van der Waals surface area (Å²) in [5.41, 5.74) is 2.86. The highest BCUT2D eigenvalue weighted by atomic mass is 15.2. The average molecular weight is 296 g/mol. The predicted molar refractivity (Wildman–Crippen MR) is 91.2 cm³/mol. The second kappa shape index (κ2) is 6.34. The van der Waals surface area contributed by atoms with Crippen molar-refractivity contribution >= 4 is 11.8 Å². The summed E-state index contributed by atoms with van der Waals surface area (Å²) in [6, 6.07) is 11.5. The van der Waals surface area contributed by atoms with Crippen molar-refractivity contribution in [3.8, 4) is 0 Å². The van der Waals surface area contributed by atoms with Gasteiger partial charge < -0.3 is 10.2 Å². The van der Waals surface area contributed by atoms with Gasteiger partial charge in [-0.05, 0) is 43.9 Å². The normalized spacial score (nSPS) is 18.7. The summed E-state index contributed by atoms with van der Waals surface area (Å²) in [7, 11) is 0. The minimum Gasteiger partial charge on any atom is -0.352 e. The van der Waals surface area contributed by atoms with Crippen LogP contribution in [0.3, 0.4) is 0 Å². The first-order chi connectivity index (χ1) is 10.7. The maximum absolute atomic E-state index is 4.71. The maximum atomic E-state index is 4.71. The number of anilines is 2. The first-order valence-electron chi connectivity index (χ1n) is 8.10. The third-order valence-electron chi connectivity index (χ3n) is 4.43. The van der Waals surface area contributed by atoms with Crippen molar-refractivity contribution in [3.63, 3.8) is 0 Å².